The number of benzene rings is 1. The first-order valence-electron chi connectivity index (χ1n) is 10.1. The van der Waals surface area contributed by atoms with Crippen LogP contribution in [-0.4, -0.2) is 45.7 Å². The van der Waals surface area contributed by atoms with Crippen LogP contribution >= 0.6 is 11.3 Å². The molecule has 164 valence electrons. The third-order valence-corrected chi connectivity index (χ3v) is 8.07. The number of anilines is 2. The monoisotopic (exact) mass is 458 g/mol. The topological polar surface area (TPSA) is 83.6 Å². The van der Waals surface area contributed by atoms with Crippen LogP contribution in [0, 0.1) is 0 Å². The van der Waals surface area contributed by atoms with Crippen LogP contribution in [0.4, 0.5) is 11.4 Å². The van der Waals surface area contributed by atoms with Crippen molar-refractivity contribution in [2.75, 3.05) is 29.8 Å². The summed E-state index contributed by atoms with van der Waals surface area (Å²) in [6, 6.07) is 15.0. The van der Waals surface area contributed by atoms with Crippen molar-refractivity contribution < 1.29 is 13.2 Å². The largest absolute Gasteiger partial charge is 0.495 e. The Kier molecular flexibility index (Phi) is 6.17. The fraction of sp³-hybridized carbons (Fsp3) is 0.318. The molecule has 3 heterocycles. The molecule has 4 rings (SSSR count). The van der Waals surface area contributed by atoms with Gasteiger partial charge in [0.1, 0.15) is 9.96 Å². The minimum Gasteiger partial charge on any atom is -0.495 e. The summed E-state index contributed by atoms with van der Waals surface area (Å²) in [5.74, 6) is 0.720. The molecule has 9 heteroatoms. The summed E-state index contributed by atoms with van der Waals surface area (Å²) in [7, 11) is -2.09. The zero-order valence-corrected chi connectivity index (χ0v) is 19.3. The molecule has 3 aromatic rings. The number of hydrogen-bond donors (Lipinski definition) is 2. The van der Waals surface area contributed by atoms with E-state index in [-0.39, 0.29) is 4.21 Å². The maximum atomic E-state index is 13.0. The number of ether oxygens (including phenoxy) is 1. The molecule has 0 aliphatic carbocycles. The average molecular weight is 459 g/mol. The first-order chi connectivity index (χ1) is 14.9. The summed E-state index contributed by atoms with van der Waals surface area (Å²) < 4.78 is 34.5. The Labute approximate surface area is 187 Å². The molecular formula is C22H26N4O3S2. The van der Waals surface area contributed by atoms with Gasteiger partial charge in [-0.2, -0.15) is 0 Å². The zero-order chi connectivity index (χ0) is 22.0. The average Bonchev–Trinajstić information content (AvgIpc) is 3.25. The standard InChI is InChI=1S/C22H26N4O3S2/c1-15-13-26(14-16(2)24-15)19-12-17(7-8-20(19)29-3)25-31(27,28)22-10-9-21(30-22)18-6-4-5-11-23-18/h4-12,15-16,24-25H,13-14H2,1-3H3. The molecule has 1 aliphatic rings. The number of sulfonamides is 1. The highest BCUT2D eigenvalue weighted by molar-refractivity contribution is 7.94. The minimum absolute atomic E-state index is 0.245. The van der Waals surface area contributed by atoms with Gasteiger partial charge in [-0.15, -0.1) is 11.3 Å². The maximum absolute atomic E-state index is 13.0. The van der Waals surface area contributed by atoms with Gasteiger partial charge in [0.05, 0.1) is 29.1 Å². The van der Waals surface area contributed by atoms with Crippen LogP contribution in [0.1, 0.15) is 13.8 Å². The number of aromatic nitrogens is 1. The Morgan fingerprint density at radius 2 is 1.90 bits per heavy atom. The van der Waals surface area contributed by atoms with E-state index in [1.807, 2.05) is 24.3 Å². The normalized spacial score (nSPS) is 19.3. The van der Waals surface area contributed by atoms with Gasteiger partial charge in [-0.25, -0.2) is 8.42 Å². The van der Waals surface area contributed by atoms with Crippen LogP contribution < -0.4 is 19.7 Å². The fourth-order valence-corrected chi connectivity index (χ4v) is 6.17. The van der Waals surface area contributed by atoms with Crippen molar-refractivity contribution in [2.45, 2.75) is 30.1 Å². The van der Waals surface area contributed by atoms with E-state index in [9.17, 15) is 8.42 Å². The lowest BCUT2D eigenvalue weighted by Gasteiger charge is -2.38. The molecule has 2 atom stereocenters. The summed E-state index contributed by atoms with van der Waals surface area (Å²) in [6.07, 6.45) is 1.69. The number of hydrogen-bond acceptors (Lipinski definition) is 7. The van der Waals surface area contributed by atoms with Crippen molar-refractivity contribution in [3.63, 3.8) is 0 Å². The van der Waals surface area contributed by atoms with Gasteiger partial charge >= 0.3 is 0 Å². The maximum Gasteiger partial charge on any atom is 0.271 e. The van der Waals surface area contributed by atoms with Crippen molar-refractivity contribution >= 4 is 32.7 Å². The third-order valence-electron chi connectivity index (χ3n) is 5.09. The van der Waals surface area contributed by atoms with Crippen LogP contribution in [0.25, 0.3) is 10.6 Å². The highest BCUT2D eigenvalue weighted by atomic mass is 32.2. The Balaban J connectivity index is 1.59. The van der Waals surface area contributed by atoms with Gasteiger partial charge < -0.3 is 15.0 Å². The Morgan fingerprint density at radius 1 is 1.13 bits per heavy atom. The second kappa shape index (κ2) is 8.86. The second-order valence-corrected chi connectivity index (χ2v) is 10.7. The summed E-state index contributed by atoms with van der Waals surface area (Å²) in [5, 5.41) is 3.51. The van der Waals surface area contributed by atoms with E-state index in [2.05, 4.69) is 33.8 Å². The minimum atomic E-state index is -3.72. The van der Waals surface area contributed by atoms with Gasteiger partial charge in [-0.05, 0) is 56.3 Å². The highest BCUT2D eigenvalue weighted by Crippen LogP contribution is 2.35. The molecular weight excluding hydrogens is 432 g/mol. The van der Waals surface area contributed by atoms with Crippen LogP contribution in [0.3, 0.4) is 0 Å². The summed E-state index contributed by atoms with van der Waals surface area (Å²) in [5.41, 5.74) is 2.13. The predicted octanol–water partition coefficient (Wildman–Crippen LogP) is 3.81. The number of nitrogens with zero attached hydrogens (tertiary/aromatic N) is 2. The predicted molar refractivity (Wildman–Crippen MR) is 126 cm³/mol. The number of pyridine rings is 1. The molecule has 2 aromatic heterocycles. The highest BCUT2D eigenvalue weighted by Gasteiger charge is 2.24. The summed E-state index contributed by atoms with van der Waals surface area (Å²) in [6.45, 7) is 5.90. The van der Waals surface area contributed by atoms with Crippen molar-refractivity contribution in [2.24, 2.45) is 0 Å². The first-order valence-corrected chi connectivity index (χ1v) is 12.4. The number of rotatable bonds is 6. The molecule has 0 radical (unpaired) electrons. The second-order valence-electron chi connectivity index (χ2n) is 7.70. The van der Waals surface area contributed by atoms with Gasteiger partial charge in [0.2, 0.25) is 0 Å². The lowest BCUT2D eigenvalue weighted by molar-refractivity contribution is 0.391. The molecule has 0 spiro atoms. The van der Waals surface area contributed by atoms with Gasteiger partial charge in [-0.1, -0.05) is 6.07 Å². The van der Waals surface area contributed by atoms with E-state index in [0.717, 1.165) is 35.1 Å². The Bertz CT molecular complexity index is 1140. The molecule has 1 saturated heterocycles. The SMILES string of the molecule is COc1ccc(NS(=O)(=O)c2ccc(-c3ccccn3)s2)cc1N1CC(C)NC(C)C1. The van der Waals surface area contributed by atoms with Crippen LogP contribution in [0.2, 0.25) is 0 Å². The summed E-state index contributed by atoms with van der Waals surface area (Å²) >= 11 is 1.20. The van der Waals surface area contributed by atoms with Crippen molar-refractivity contribution in [3.8, 4) is 16.3 Å². The van der Waals surface area contributed by atoms with Gasteiger partial charge in [0, 0.05) is 31.4 Å². The van der Waals surface area contributed by atoms with Gasteiger partial charge in [0.25, 0.3) is 10.0 Å². The quantitative estimate of drug-likeness (QED) is 0.585. The number of thiophene rings is 1. The molecule has 2 unspecified atom stereocenters. The molecule has 0 bridgehead atoms. The first kappa shape index (κ1) is 21.6. The van der Waals surface area contributed by atoms with E-state index in [1.54, 1.807) is 37.6 Å². The van der Waals surface area contributed by atoms with Crippen LogP contribution in [0.15, 0.2) is 58.9 Å². The van der Waals surface area contributed by atoms with E-state index in [0.29, 0.717) is 17.8 Å². The molecule has 0 saturated carbocycles. The number of piperazine rings is 1. The summed E-state index contributed by atoms with van der Waals surface area (Å²) in [4.78, 5) is 7.33. The molecule has 7 nitrogen and oxygen atoms in total. The van der Waals surface area contributed by atoms with E-state index >= 15 is 0 Å². The fourth-order valence-electron chi connectivity index (χ4n) is 3.84. The molecule has 0 amide bonds. The smallest absolute Gasteiger partial charge is 0.271 e. The van der Waals surface area contributed by atoms with E-state index in [1.165, 1.54) is 11.3 Å². The van der Waals surface area contributed by atoms with Crippen LogP contribution in [0.5, 0.6) is 5.75 Å². The molecule has 2 N–H and O–H groups in total. The van der Waals surface area contributed by atoms with Crippen LogP contribution in [-0.2, 0) is 10.0 Å². The Morgan fingerprint density at radius 3 is 2.58 bits per heavy atom. The molecule has 1 aromatic carbocycles. The molecule has 31 heavy (non-hydrogen) atoms. The number of methoxy groups -OCH3 is 1. The lowest BCUT2D eigenvalue weighted by Crippen LogP contribution is -2.54. The zero-order valence-electron chi connectivity index (χ0n) is 17.7. The van der Waals surface area contributed by atoms with Gasteiger partial charge in [-0.3, -0.25) is 9.71 Å². The van der Waals surface area contributed by atoms with Crippen molar-refractivity contribution in [1.82, 2.24) is 10.3 Å². The molecule has 1 aliphatic heterocycles. The van der Waals surface area contributed by atoms with E-state index in [4.69, 9.17) is 4.74 Å². The number of nitrogens with one attached hydrogen (secondary N) is 2. The van der Waals surface area contributed by atoms with Crippen molar-refractivity contribution in [3.05, 3.63) is 54.7 Å². The van der Waals surface area contributed by atoms with Gasteiger partial charge in [0.15, 0.2) is 0 Å². The van der Waals surface area contributed by atoms with Crippen molar-refractivity contribution in [1.29, 1.82) is 0 Å². The molecule has 1 fully saturated rings. The lowest BCUT2D eigenvalue weighted by atomic mass is 10.1. The Hall–Kier alpha value is -2.62. The van der Waals surface area contributed by atoms with E-state index < -0.39 is 10.0 Å². The third kappa shape index (κ3) is 4.84.